The summed E-state index contributed by atoms with van der Waals surface area (Å²) in [4.78, 5) is 0. The van der Waals surface area contributed by atoms with Crippen LogP contribution in [-0.4, -0.2) is 30.0 Å². The minimum absolute atomic E-state index is 0.0149. The molecule has 1 aromatic heterocycles. The Bertz CT molecular complexity index is 673. The Kier molecular flexibility index (Phi) is 4.37. The highest BCUT2D eigenvalue weighted by atomic mass is 19.1. The van der Waals surface area contributed by atoms with Gasteiger partial charge in [-0.15, -0.1) is 0 Å². The first-order valence-corrected chi connectivity index (χ1v) is 8.79. The Morgan fingerprint density at radius 1 is 1.12 bits per heavy atom. The third-order valence-corrected chi connectivity index (χ3v) is 5.08. The van der Waals surface area contributed by atoms with Gasteiger partial charge < -0.3 is 14.6 Å². The highest BCUT2D eigenvalue weighted by molar-refractivity contribution is 5.57. The van der Waals surface area contributed by atoms with Crippen LogP contribution in [0.4, 0.5) is 4.39 Å². The number of hydrogen-bond acceptors (Lipinski definition) is 4. The number of benzene rings is 1. The highest BCUT2D eigenvalue weighted by Gasteiger charge is 2.41. The lowest BCUT2D eigenvalue weighted by atomic mass is 9.87. The van der Waals surface area contributed by atoms with E-state index in [4.69, 9.17) is 9.26 Å². The van der Waals surface area contributed by atoms with Crippen molar-refractivity contribution >= 4 is 0 Å². The quantitative estimate of drug-likeness (QED) is 0.908. The molecule has 2 heterocycles. The van der Waals surface area contributed by atoms with Gasteiger partial charge >= 0.3 is 0 Å². The molecule has 4 nitrogen and oxygen atoms in total. The van der Waals surface area contributed by atoms with Crippen molar-refractivity contribution in [2.75, 3.05) is 13.2 Å². The Morgan fingerprint density at radius 3 is 2.54 bits per heavy atom. The van der Waals surface area contributed by atoms with Gasteiger partial charge in [0.1, 0.15) is 5.82 Å². The van der Waals surface area contributed by atoms with Crippen molar-refractivity contribution in [1.82, 2.24) is 10.5 Å². The summed E-state index contributed by atoms with van der Waals surface area (Å²) in [6, 6.07) is 8.83. The third-order valence-electron chi connectivity index (χ3n) is 5.08. The predicted molar refractivity (Wildman–Crippen MR) is 89.2 cm³/mol. The normalized spacial score (nSPS) is 20.7. The first-order chi connectivity index (χ1) is 11.7. The van der Waals surface area contributed by atoms with Crippen LogP contribution in [0.3, 0.4) is 0 Å². The first kappa shape index (κ1) is 15.8. The highest BCUT2D eigenvalue weighted by Crippen LogP contribution is 2.28. The average molecular weight is 330 g/mol. The second-order valence-corrected chi connectivity index (χ2v) is 7.12. The molecule has 2 aromatic rings. The van der Waals surface area contributed by atoms with Gasteiger partial charge in [-0.2, -0.15) is 0 Å². The minimum Gasteiger partial charge on any atom is -0.377 e. The van der Waals surface area contributed by atoms with Crippen LogP contribution in [0.25, 0.3) is 11.3 Å². The van der Waals surface area contributed by atoms with E-state index in [1.54, 1.807) is 12.1 Å². The Morgan fingerprint density at radius 2 is 1.88 bits per heavy atom. The van der Waals surface area contributed by atoms with E-state index in [1.807, 2.05) is 6.07 Å². The third kappa shape index (κ3) is 3.37. The van der Waals surface area contributed by atoms with Crippen LogP contribution < -0.4 is 5.32 Å². The minimum atomic E-state index is -0.249. The van der Waals surface area contributed by atoms with E-state index in [1.165, 1.54) is 44.2 Å². The topological polar surface area (TPSA) is 47.3 Å². The Hall–Kier alpha value is -1.72. The summed E-state index contributed by atoms with van der Waals surface area (Å²) in [5, 5.41) is 8.03. The number of aromatic nitrogens is 1. The van der Waals surface area contributed by atoms with Crippen LogP contribution in [0.5, 0.6) is 0 Å². The molecule has 4 rings (SSSR count). The molecule has 1 aliphatic heterocycles. The summed E-state index contributed by atoms with van der Waals surface area (Å²) in [6.45, 7) is 1.45. The molecule has 0 unspecified atom stereocenters. The maximum Gasteiger partial charge on any atom is 0.167 e. The summed E-state index contributed by atoms with van der Waals surface area (Å²) in [5.41, 5.74) is 1.74. The van der Waals surface area contributed by atoms with Gasteiger partial charge in [0.05, 0.1) is 24.4 Å². The van der Waals surface area contributed by atoms with Crippen molar-refractivity contribution in [1.29, 1.82) is 0 Å². The molecule has 0 radical (unpaired) electrons. The molecule has 0 amide bonds. The number of nitrogens with zero attached hydrogens (tertiary/aromatic N) is 1. The molecular weight excluding hydrogens is 307 g/mol. The summed E-state index contributed by atoms with van der Waals surface area (Å²) in [7, 11) is 0. The van der Waals surface area contributed by atoms with Crippen LogP contribution >= 0.6 is 0 Å². The van der Waals surface area contributed by atoms with Crippen molar-refractivity contribution in [3.8, 4) is 11.3 Å². The molecule has 2 fully saturated rings. The molecule has 1 aliphatic carbocycles. The zero-order valence-corrected chi connectivity index (χ0v) is 13.8. The predicted octanol–water partition coefficient (Wildman–Crippen LogP) is 3.71. The van der Waals surface area contributed by atoms with E-state index >= 15 is 0 Å². The van der Waals surface area contributed by atoms with Crippen LogP contribution in [0, 0.1) is 5.82 Å². The van der Waals surface area contributed by atoms with Crippen molar-refractivity contribution in [2.24, 2.45) is 0 Å². The lowest BCUT2D eigenvalue weighted by Gasteiger charge is -2.45. The SMILES string of the molecule is Fc1ccc(-c2cc(CC3(NC4CCCCC4)COC3)no2)cc1. The van der Waals surface area contributed by atoms with E-state index in [2.05, 4.69) is 10.5 Å². The molecular formula is C19H23FN2O2. The molecule has 24 heavy (non-hydrogen) atoms. The van der Waals surface area contributed by atoms with Gasteiger partial charge in [-0.05, 0) is 37.1 Å². The second kappa shape index (κ2) is 6.65. The molecule has 1 saturated carbocycles. The zero-order chi connectivity index (χ0) is 16.4. The standard InChI is InChI=1S/C19H23FN2O2/c20-15-8-6-14(7-9-15)18-10-17(22-24-18)11-19(12-23-13-19)21-16-4-2-1-3-5-16/h6-10,16,21H,1-5,11-13H2. The van der Waals surface area contributed by atoms with Gasteiger partial charge in [-0.1, -0.05) is 24.4 Å². The van der Waals surface area contributed by atoms with Crippen LogP contribution in [0.2, 0.25) is 0 Å². The summed E-state index contributed by atoms with van der Waals surface area (Å²) in [6.07, 6.45) is 7.28. The fourth-order valence-electron chi connectivity index (χ4n) is 3.76. The van der Waals surface area contributed by atoms with Gasteiger partial charge in [0.2, 0.25) is 0 Å². The molecule has 5 heteroatoms. The van der Waals surface area contributed by atoms with Crippen LogP contribution in [0.15, 0.2) is 34.9 Å². The lowest BCUT2D eigenvalue weighted by Crippen LogP contribution is -2.64. The number of halogens is 1. The van der Waals surface area contributed by atoms with Crippen molar-refractivity contribution < 1.29 is 13.7 Å². The number of rotatable bonds is 5. The molecule has 1 N–H and O–H groups in total. The van der Waals surface area contributed by atoms with E-state index in [0.29, 0.717) is 11.8 Å². The summed E-state index contributed by atoms with van der Waals surface area (Å²) in [5.74, 6) is 0.429. The van der Waals surface area contributed by atoms with Crippen LogP contribution in [0.1, 0.15) is 37.8 Å². The lowest BCUT2D eigenvalue weighted by molar-refractivity contribution is -0.0815. The van der Waals surface area contributed by atoms with Gasteiger partial charge in [-0.25, -0.2) is 4.39 Å². The van der Waals surface area contributed by atoms with Gasteiger partial charge in [0.15, 0.2) is 5.76 Å². The van der Waals surface area contributed by atoms with E-state index in [9.17, 15) is 4.39 Å². The van der Waals surface area contributed by atoms with Crippen molar-refractivity contribution in [3.05, 3.63) is 41.8 Å². The summed E-state index contributed by atoms with van der Waals surface area (Å²) >= 11 is 0. The number of nitrogens with one attached hydrogen (secondary N) is 1. The maximum absolute atomic E-state index is 13.0. The van der Waals surface area contributed by atoms with Gasteiger partial charge in [0.25, 0.3) is 0 Å². The molecule has 128 valence electrons. The second-order valence-electron chi connectivity index (χ2n) is 7.12. The fourth-order valence-corrected chi connectivity index (χ4v) is 3.76. The van der Waals surface area contributed by atoms with Gasteiger partial charge in [0, 0.05) is 24.1 Å². The molecule has 0 bridgehead atoms. The molecule has 0 atom stereocenters. The monoisotopic (exact) mass is 330 g/mol. The van der Waals surface area contributed by atoms with E-state index in [0.717, 1.165) is 30.9 Å². The molecule has 0 spiro atoms. The van der Waals surface area contributed by atoms with E-state index < -0.39 is 0 Å². The molecule has 1 saturated heterocycles. The van der Waals surface area contributed by atoms with E-state index in [-0.39, 0.29) is 11.4 Å². The average Bonchev–Trinajstić information content (AvgIpc) is 3.03. The largest absolute Gasteiger partial charge is 0.377 e. The van der Waals surface area contributed by atoms with Crippen LogP contribution in [-0.2, 0) is 11.2 Å². The zero-order valence-electron chi connectivity index (χ0n) is 13.8. The Labute approximate surface area is 141 Å². The molecule has 1 aromatic carbocycles. The number of ether oxygens (including phenoxy) is 1. The first-order valence-electron chi connectivity index (χ1n) is 8.79. The summed E-state index contributed by atoms with van der Waals surface area (Å²) < 4.78 is 24.0. The molecule has 2 aliphatic rings. The fraction of sp³-hybridized carbons (Fsp3) is 0.526. The van der Waals surface area contributed by atoms with Crippen molar-refractivity contribution in [3.63, 3.8) is 0 Å². The van der Waals surface area contributed by atoms with Gasteiger partial charge in [-0.3, -0.25) is 0 Å². The van der Waals surface area contributed by atoms with Crippen molar-refractivity contribution in [2.45, 2.75) is 50.1 Å². The maximum atomic E-state index is 13.0. The number of hydrogen-bond donors (Lipinski definition) is 1. The smallest absolute Gasteiger partial charge is 0.167 e. The Balaban J connectivity index is 1.44.